The molecule has 36 heavy (non-hydrogen) atoms. The lowest BCUT2D eigenvalue weighted by molar-refractivity contribution is 0.0439. The third kappa shape index (κ3) is 4.90. The van der Waals surface area contributed by atoms with E-state index in [0.29, 0.717) is 30.6 Å². The number of rotatable bonds is 6. The molecule has 11 heteroatoms. The van der Waals surface area contributed by atoms with Crippen molar-refractivity contribution in [2.45, 2.75) is 32.2 Å². The molecule has 1 amide bonds. The number of hydrogen-bond donors (Lipinski definition) is 1. The molecular formula is C25H25F3N6O2. The van der Waals surface area contributed by atoms with E-state index >= 15 is 0 Å². The van der Waals surface area contributed by atoms with Crippen LogP contribution in [0.15, 0.2) is 41.5 Å². The number of carbonyl (C=O) groups excluding carboxylic acids is 1. The molecule has 1 saturated heterocycles. The maximum absolute atomic E-state index is 14.4. The third-order valence-corrected chi connectivity index (χ3v) is 6.53. The second kappa shape index (κ2) is 10.4. The number of halogens is 3. The Morgan fingerprint density at radius 3 is 2.75 bits per heavy atom. The maximum Gasteiger partial charge on any atom is 0.280 e. The van der Waals surface area contributed by atoms with E-state index in [2.05, 4.69) is 10.1 Å². The molecular weight excluding hydrogens is 473 g/mol. The Balaban J connectivity index is 1.52. The van der Waals surface area contributed by atoms with Crippen molar-refractivity contribution in [3.8, 4) is 23.0 Å². The molecule has 1 N–H and O–H groups in total. The van der Waals surface area contributed by atoms with E-state index < -0.39 is 17.8 Å². The number of likely N-dealkylation sites (tertiary alicyclic amines) is 1. The number of nitriles is 1. The van der Waals surface area contributed by atoms with Crippen molar-refractivity contribution in [3.63, 3.8) is 0 Å². The van der Waals surface area contributed by atoms with Gasteiger partial charge in [0.1, 0.15) is 11.9 Å². The Morgan fingerprint density at radius 1 is 1.31 bits per heavy atom. The largest absolute Gasteiger partial charge is 0.337 e. The number of benzene rings is 1. The fraction of sp³-hybridized carbons (Fsp3) is 0.360. The first-order chi connectivity index (χ1) is 17.2. The molecule has 188 valence electrons. The van der Waals surface area contributed by atoms with Gasteiger partial charge in [-0.25, -0.2) is 22.8 Å². The molecule has 0 spiro atoms. The SMILES string of the molecule is Cc1c(-c2c[nH]n(-c3ccc(C(=O)N4CCC[C@@H](N(C)CC(F)F)C4)cn3)c2=O)ccc(C#N)c1F. The van der Waals surface area contributed by atoms with Crippen LogP contribution >= 0.6 is 0 Å². The number of pyridine rings is 1. The summed E-state index contributed by atoms with van der Waals surface area (Å²) in [5.74, 6) is -0.696. The average molecular weight is 499 g/mol. The van der Waals surface area contributed by atoms with Crippen molar-refractivity contribution in [2.24, 2.45) is 0 Å². The Bertz CT molecular complexity index is 1360. The van der Waals surface area contributed by atoms with Crippen LogP contribution in [0.2, 0.25) is 0 Å². The van der Waals surface area contributed by atoms with E-state index in [0.717, 1.165) is 6.42 Å². The van der Waals surface area contributed by atoms with Crippen LogP contribution in [0, 0.1) is 24.1 Å². The summed E-state index contributed by atoms with van der Waals surface area (Å²) in [5, 5.41) is 11.8. The molecule has 1 aromatic carbocycles. The van der Waals surface area contributed by atoms with Gasteiger partial charge in [0, 0.05) is 31.5 Å². The minimum Gasteiger partial charge on any atom is -0.337 e. The molecule has 0 aliphatic carbocycles. The standard InChI is InChI=1S/C25H25F3N6O2/c1-15-19(7-5-16(10-29)23(15)28)20-12-31-34(25(20)36)22-8-6-17(11-30-22)24(35)33-9-3-4-18(13-33)32(2)14-21(26)27/h5-8,11-12,18,21,31H,3-4,9,13-14H2,1-2H3/t18-/m1/s1. The van der Waals surface area contributed by atoms with Gasteiger partial charge in [0.05, 0.1) is 23.2 Å². The number of alkyl halides is 2. The summed E-state index contributed by atoms with van der Waals surface area (Å²) >= 11 is 0. The second-order valence-electron chi connectivity index (χ2n) is 8.82. The molecule has 0 bridgehead atoms. The summed E-state index contributed by atoms with van der Waals surface area (Å²) in [4.78, 5) is 33.5. The smallest absolute Gasteiger partial charge is 0.280 e. The maximum atomic E-state index is 14.4. The Labute approximate surface area is 205 Å². The fourth-order valence-electron chi connectivity index (χ4n) is 4.49. The van der Waals surface area contributed by atoms with Crippen LogP contribution in [0.4, 0.5) is 13.2 Å². The molecule has 1 fully saturated rings. The van der Waals surface area contributed by atoms with Crippen molar-refractivity contribution >= 4 is 5.91 Å². The first-order valence-corrected chi connectivity index (χ1v) is 11.4. The summed E-state index contributed by atoms with van der Waals surface area (Å²) in [6.45, 7) is 2.03. The second-order valence-corrected chi connectivity index (χ2v) is 8.82. The molecule has 8 nitrogen and oxygen atoms in total. The first kappa shape index (κ1) is 25.2. The quantitative estimate of drug-likeness (QED) is 0.562. The number of H-pyrrole nitrogens is 1. The van der Waals surface area contributed by atoms with Crippen LogP contribution < -0.4 is 5.56 Å². The lowest BCUT2D eigenvalue weighted by Gasteiger charge is -2.37. The predicted octanol–water partition coefficient (Wildman–Crippen LogP) is 3.35. The summed E-state index contributed by atoms with van der Waals surface area (Å²) < 4.78 is 41.1. The van der Waals surface area contributed by atoms with Gasteiger partial charge in [0.15, 0.2) is 5.82 Å². The summed E-state index contributed by atoms with van der Waals surface area (Å²) in [7, 11) is 1.64. The molecule has 1 atom stereocenters. The molecule has 1 aliphatic rings. The molecule has 0 radical (unpaired) electrons. The fourth-order valence-corrected chi connectivity index (χ4v) is 4.49. The van der Waals surface area contributed by atoms with Crippen molar-refractivity contribution in [2.75, 3.05) is 26.7 Å². The molecule has 0 unspecified atom stereocenters. The van der Waals surface area contributed by atoms with E-state index in [-0.39, 0.29) is 41.0 Å². The molecule has 1 aliphatic heterocycles. The number of piperidine rings is 1. The Kier molecular flexibility index (Phi) is 7.26. The highest BCUT2D eigenvalue weighted by Gasteiger charge is 2.28. The van der Waals surface area contributed by atoms with E-state index in [1.165, 1.54) is 42.2 Å². The number of amides is 1. The van der Waals surface area contributed by atoms with Crippen LogP contribution in [0.1, 0.15) is 34.3 Å². The zero-order valence-electron chi connectivity index (χ0n) is 19.8. The predicted molar refractivity (Wildman–Crippen MR) is 127 cm³/mol. The monoisotopic (exact) mass is 498 g/mol. The summed E-state index contributed by atoms with van der Waals surface area (Å²) in [6.07, 6.45) is 1.82. The number of aromatic nitrogens is 3. The van der Waals surface area contributed by atoms with E-state index in [1.54, 1.807) is 29.0 Å². The van der Waals surface area contributed by atoms with Crippen LogP contribution in [0.25, 0.3) is 16.9 Å². The normalized spacial score (nSPS) is 15.9. The van der Waals surface area contributed by atoms with Gasteiger partial charge in [-0.15, -0.1) is 0 Å². The highest BCUT2D eigenvalue weighted by atomic mass is 19.3. The van der Waals surface area contributed by atoms with Crippen LogP contribution in [0.3, 0.4) is 0 Å². The van der Waals surface area contributed by atoms with Crippen molar-refractivity contribution < 1.29 is 18.0 Å². The zero-order valence-corrected chi connectivity index (χ0v) is 19.8. The van der Waals surface area contributed by atoms with E-state index in [9.17, 15) is 22.8 Å². The lowest BCUT2D eigenvalue weighted by Crippen LogP contribution is -2.49. The van der Waals surface area contributed by atoms with Gasteiger partial charge < -0.3 is 4.90 Å². The first-order valence-electron chi connectivity index (χ1n) is 11.4. The minimum absolute atomic E-state index is 0.102. The molecule has 3 aromatic rings. The highest BCUT2D eigenvalue weighted by Crippen LogP contribution is 2.25. The molecule has 0 saturated carbocycles. The molecule has 3 heterocycles. The third-order valence-electron chi connectivity index (χ3n) is 6.53. The van der Waals surface area contributed by atoms with E-state index in [1.807, 2.05) is 0 Å². The van der Waals surface area contributed by atoms with Gasteiger partial charge in [0.25, 0.3) is 17.9 Å². The van der Waals surface area contributed by atoms with Crippen LogP contribution in [-0.4, -0.2) is 69.6 Å². The van der Waals surface area contributed by atoms with Crippen LogP contribution in [0.5, 0.6) is 0 Å². The summed E-state index contributed by atoms with van der Waals surface area (Å²) in [5.41, 5.74) is 0.510. The van der Waals surface area contributed by atoms with Gasteiger partial charge in [-0.3, -0.25) is 19.6 Å². The van der Waals surface area contributed by atoms with E-state index in [4.69, 9.17) is 5.26 Å². The number of nitrogens with one attached hydrogen (secondary N) is 1. The van der Waals surface area contributed by atoms with Crippen molar-refractivity contribution in [1.29, 1.82) is 5.26 Å². The summed E-state index contributed by atoms with van der Waals surface area (Å²) in [6, 6.07) is 7.54. The van der Waals surface area contributed by atoms with Gasteiger partial charge in [-0.05, 0) is 56.1 Å². The number of hydrogen-bond acceptors (Lipinski definition) is 5. The molecule has 4 rings (SSSR count). The highest BCUT2D eigenvalue weighted by molar-refractivity contribution is 5.94. The topological polar surface area (TPSA) is 98.0 Å². The van der Waals surface area contributed by atoms with Crippen molar-refractivity contribution in [3.05, 3.63) is 69.5 Å². The average Bonchev–Trinajstić information content (AvgIpc) is 3.25. The van der Waals surface area contributed by atoms with Crippen molar-refractivity contribution in [1.82, 2.24) is 24.6 Å². The number of nitrogens with zero attached hydrogens (tertiary/aromatic N) is 5. The van der Waals surface area contributed by atoms with Gasteiger partial charge in [-0.2, -0.15) is 5.26 Å². The Morgan fingerprint density at radius 2 is 2.08 bits per heavy atom. The van der Waals surface area contributed by atoms with Gasteiger partial charge in [0.2, 0.25) is 0 Å². The number of likely N-dealkylation sites (N-methyl/N-ethyl adjacent to an activating group) is 1. The zero-order chi connectivity index (χ0) is 26.0. The van der Waals surface area contributed by atoms with Gasteiger partial charge in [-0.1, -0.05) is 6.07 Å². The minimum atomic E-state index is -2.44. The number of carbonyl (C=O) groups is 1. The number of aromatic amines is 1. The van der Waals surface area contributed by atoms with Crippen LogP contribution in [-0.2, 0) is 0 Å². The Hall–Kier alpha value is -3.91. The lowest BCUT2D eigenvalue weighted by atomic mass is 10.0. The molecule has 2 aromatic heterocycles. The van der Waals surface area contributed by atoms with Gasteiger partial charge >= 0.3 is 0 Å².